The molecular weight excluding hydrogens is 256 g/mol. The van der Waals surface area contributed by atoms with Crippen LogP contribution in [0, 0.1) is 6.92 Å². The van der Waals surface area contributed by atoms with Crippen molar-refractivity contribution in [3.8, 4) is 0 Å². The Morgan fingerprint density at radius 3 is 2.45 bits per heavy atom. The Balaban J connectivity index is 1.86. The second kappa shape index (κ2) is 6.65. The first-order valence-corrected chi connectivity index (χ1v) is 6.50. The molecule has 0 saturated heterocycles. The van der Waals surface area contributed by atoms with Crippen LogP contribution in [0.5, 0.6) is 0 Å². The SMILES string of the molecule is CCOC(=O)Nc1ccc(NCc2ccc(C)o2)cc1. The summed E-state index contributed by atoms with van der Waals surface area (Å²) in [5.41, 5.74) is 1.65. The molecule has 0 aliphatic rings. The maximum Gasteiger partial charge on any atom is 0.411 e. The van der Waals surface area contributed by atoms with Crippen LogP contribution in [0.2, 0.25) is 0 Å². The van der Waals surface area contributed by atoms with E-state index >= 15 is 0 Å². The van der Waals surface area contributed by atoms with Gasteiger partial charge in [0.1, 0.15) is 11.5 Å². The van der Waals surface area contributed by atoms with Crippen molar-refractivity contribution in [2.24, 2.45) is 0 Å². The average Bonchev–Trinajstić information content (AvgIpc) is 2.84. The number of nitrogens with one attached hydrogen (secondary N) is 2. The summed E-state index contributed by atoms with van der Waals surface area (Å²) in [7, 11) is 0. The van der Waals surface area contributed by atoms with Crippen LogP contribution >= 0.6 is 0 Å². The van der Waals surface area contributed by atoms with Gasteiger partial charge in [-0.2, -0.15) is 0 Å². The average molecular weight is 274 g/mol. The number of carbonyl (C=O) groups is 1. The summed E-state index contributed by atoms with van der Waals surface area (Å²) in [6.07, 6.45) is -0.445. The molecule has 0 saturated carbocycles. The number of furan rings is 1. The van der Waals surface area contributed by atoms with Gasteiger partial charge in [0.15, 0.2) is 0 Å². The van der Waals surface area contributed by atoms with E-state index in [4.69, 9.17) is 9.15 Å². The van der Waals surface area contributed by atoms with Crippen LogP contribution < -0.4 is 10.6 Å². The minimum atomic E-state index is -0.445. The molecule has 1 heterocycles. The molecular formula is C15H18N2O3. The van der Waals surface area contributed by atoms with E-state index in [1.54, 1.807) is 6.92 Å². The monoisotopic (exact) mass is 274 g/mol. The minimum Gasteiger partial charge on any atom is -0.465 e. The van der Waals surface area contributed by atoms with Crippen LogP contribution in [-0.4, -0.2) is 12.7 Å². The number of ether oxygens (including phenoxy) is 1. The van der Waals surface area contributed by atoms with Gasteiger partial charge in [0.25, 0.3) is 0 Å². The fourth-order valence-corrected chi connectivity index (χ4v) is 1.73. The summed E-state index contributed by atoms with van der Waals surface area (Å²) in [5, 5.41) is 5.88. The highest BCUT2D eigenvalue weighted by Crippen LogP contribution is 2.15. The summed E-state index contributed by atoms with van der Waals surface area (Å²) in [4.78, 5) is 11.2. The fraction of sp³-hybridized carbons (Fsp3) is 0.267. The zero-order valence-electron chi connectivity index (χ0n) is 11.6. The molecule has 1 aromatic carbocycles. The fourth-order valence-electron chi connectivity index (χ4n) is 1.73. The maximum atomic E-state index is 11.2. The van der Waals surface area contributed by atoms with E-state index in [-0.39, 0.29) is 0 Å². The van der Waals surface area contributed by atoms with E-state index in [9.17, 15) is 4.79 Å². The molecule has 0 aliphatic carbocycles. The molecule has 1 amide bonds. The van der Waals surface area contributed by atoms with Gasteiger partial charge in [0.05, 0.1) is 13.2 Å². The Hall–Kier alpha value is -2.43. The molecule has 0 spiro atoms. The summed E-state index contributed by atoms with van der Waals surface area (Å²) < 4.78 is 10.3. The van der Waals surface area contributed by atoms with Gasteiger partial charge in [0.2, 0.25) is 0 Å². The lowest BCUT2D eigenvalue weighted by molar-refractivity contribution is 0.168. The number of carbonyl (C=O) groups excluding carboxylic acids is 1. The first kappa shape index (κ1) is 14.0. The highest BCUT2D eigenvalue weighted by Gasteiger charge is 2.02. The van der Waals surface area contributed by atoms with Crippen molar-refractivity contribution in [2.45, 2.75) is 20.4 Å². The van der Waals surface area contributed by atoms with E-state index in [1.165, 1.54) is 0 Å². The molecule has 0 fully saturated rings. The topological polar surface area (TPSA) is 63.5 Å². The van der Waals surface area contributed by atoms with E-state index in [2.05, 4.69) is 10.6 Å². The second-order valence-corrected chi connectivity index (χ2v) is 4.29. The number of benzene rings is 1. The lowest BCUT2D eigenvalue weighted by Gasteiger charge is -2.07. The molecule has 0 unspecified atom stereocenters. The van der Waals surface area contributed by atoms with Gasteiger partial charge in [-0.15, -0.1) is 0 Å². The molecule has 5 nitrogen and oxygen atoms in total. The van der Waals surface area contributed by atoms with Crippen molar-refractivity contribution in [2.75, 3.05) is 17.2 Å². The smallest absolute Gasteiger partial charge is 0.411 e. The summed E-state index contributed by atoms with van der Waals surface area (Å²) in [6, 6.07) is 11.3. The van der Waals surface area contributed by atoms with E-state index in [0.717, 1.165) is 17.2 Å². The maximum absolute atomic E-state index is 11.2. The third-order valence-corrected chi connectivity index (χ3v) is 2.67. The Labute approximate surface area is 117 Å². The molecule has 0 atom stereocenters. The van der Waals surface area contributed by atoms with Crippen LogP contribution in [0.1, 0.15) is 18.4 Å². The number of anilines is 2. The largest absolute Gasteiger partial charge is 0.465 e. The van der Waals surface area contributed by atoms with Crippen molar-refractivity contribution >= 4 is 17.5 Å². The molecule has 2 rings (SSSR count). The van der Waals surface area contributed by atoms with Crippen LogP contribution in [0.15, 0.2) is 40.8 Å². The lowest BCUT2D eigenvalue weighted by Crippen LogP contribution is -2.13. The molecule has 5 heteroatoms. The van der Waals surface area contributed by atoms with Crippen molar-refractivity contribution in [3.05, 3.63) is 47.9 Å². The third-order valence-electron chi connectivity index (χ3n) is 2.67. The molecule has 1 aromatic heterocycles. The number of aryl methyl sites for hydroxylation is 1. The molecule has 0 aliphatic heterocycles. The van der Waals surface area contributed by atoms with Gasteiger partial charge in [-0.1, -0.05) is 0 Å². The van der Waals surface area contributed by atoms with Crippen molar-refractivity contribution in [1.29, 1.82) is 0 Å². The van der Waals surface area contributed by atoms with Crippen LogP contribution in [0.4, 0.5) is 16.2 Å². The Kier molecular flexibility index (Phi) is 4.65. The highest BCUT2D eigenvalue weighted by molar-refractivity contribution is 5.84. The minimum absolute atomic E-state index is 0.355. The second-order valence-electron chi connectivity index (χ2n) is 4.29. The first-order valence-electron chi connectivity index (χ1n) is 6.50. The normalized spacial score (nSPS) is 10.1. The predicted molar refractivity (Wildman–Crippen MR) is 77.9 cm³/mol. The number of amides is 1. The van der Waals surface area contributed by atoms with E-state index < -0.39 is 6.09 Å². The molecule has 2 N–H and O–H groups in total. The zero-order chi connectivity index (χ0) is 14.4. The lowest BCUT2D eigenvalue weighted by atomic mass is 10.2. The summed E-state index contributed by atoms with van der Waals surface area (Å²) >= 11 is 0. The Morgan fingerprint density at radius 1 is 1.15 bits per heavy atom. The molecule has 106 valence electrons. The highest BCUT2D eigenvalue weighted by atomic mass is 16.5. The molecule has 0 radical (unpaired) electrons. The number of hydrogen-bond donors (Lipinski definition) is 2. The Morgan fingerprint density at radius 2 is 1.85 bits per heavy atom. The van der Waals surface area contributed by atoms with Crippen LogP contribution in [-0.2, 0) is 11.3 Å². The predicted octanol–water partition coefficient (Wildman–Crippen LogP) is 3.77. The molecule has 2 aromatic rings. The van der Waals surface area contributed by atoms with Crippen LogP contribution in [0.3, 0.4) is 0 Å². The standard InChI is InChI=1S/C15H18N2O3/c1-3-19-15(18)17-13-7-5-12(6-8-13)16-10-14-9-4-11(2)20-14/h4-9,16H,3,10H2,1-2H3,(H,17,18). The van der Waals surface area contributed by atoms with Crippen molar-refractivity contribution in [1.82, 2.24) is 0 Å². The molecule has 20 heavy (non-hydrogen) atoms. The van der Waals surface area contributed by atoms with Crippen molar-refractivity contribution in [3.63, 3.8) is 0 Å². The van der Waals surface area contributed by atoms with Gasteiger partial charge in [-0.05, 0) is 50.2 Å². The number of rotatable bonds is 5. The van der Waals surface area contributed by atoms with Gasteiger partial charge >= 0.3 is 6.09 Å². The third kappa shape index (κ3) is 4.05. The Bertz CT molecular complexity index is 561. The van der Waals surface area contributed by atoms with Gasteiger partial charge in [-0.25, -0.2) is 4.79 Å². The van der Waals surface area contributed by atoms with Gasteiger partial charge in [-0.3, -0.25) is 5.32 Å². The van der Waals surface area contributed by atoms with Crippen LogP contribution in [0.25, 0.3) is 0 Å². The summed E-state index contributed by atoms with van der Waals surface area (Å²) in [5.74, 6) is 1.78. The van der Waals surface area contributed by atoms with E-state index in [0.29, 0.717) is 18.8 Å². The van der Waals surface area contributed by atoms with Crippen molar-refractivity contribution < 1.29 is 13.9 Å². The number of hydrogen-bond acceptors (Lipinski definition) is 4. The first-order chi connectivity index (χ1) is 9.67. The van der Waals surface area contributed by atoms with Gasteiger partial charge < -0.3 is 14.5 Å². The molecule has 0 bridgehead atoms. The van der Waals surface area contributed by atoms with E-state index in [1.807, 2.05) is 43.3 Å². The quantitative estimate of drug-likeness (QED) is 0.871. The van der Waals surface area contributed by atoms with Gasteiger partial charge in [0, 0.05) is 11.4 Å². The zero-order valence-corrected chi connectivity index (χ0v) is 11.6. The summed E-state index contributed by atoms with van der Waals surface area (Å²) in [6.45, 7) is 4.66.